The largest absolute Gasteiger partial charge is 0.355 e. The highest BCUT2D eigenvalue weighted by Gasteiger charge is 2.05. The van der Waals surface area contributed by atoms with Crippen molar-refractivity contribution in [3.8, 4) is 6.07 Å². The van der Waals surface area contributed by atoms with Gasteiger partial charge in [0.25, 0.3) is 5.91 Å². The molecule has 0 heterocycles. The summed E-state index contributed by atoms with van der Waals surface area (Å²) >= 11 is 1.68. The highest BCUT2D eigenvalue weighted by Crippen LogP contribution is 2.15. The van der Waals surface area contributed by atoms with Gasteiger partial charge in [0.2, 0.25) is 5.91 Å². The van der Waals surface area contributed by atoms with Gasteiger partial charge >= 0.3 is 0 Å². The van der Waals surface area contributed by atoms with Gasteiger partial charge in [0.1, 0.15) is 0 Å². The summed E-state index contributed by atoms with van der Waals surface area (Å²) in [6, 6.07) is 18.8. The molecule has 2 rings (SSSR count). The summed E-state index contributed by atoms with van der Waals surface area (Å²) in [6.07, 6.45) is 0.990. The van der Waals surface area contributed by atoms with Crippen LogP contribution in [0.5, 0.6) is 0 Å². The molecule has 2 amide bonds. The summed E-state index contributed by atoms with van der Waals surface area (Å²) < 4.78 is 0. The number of rotatable bonds is 10. The van der Waals surface area contributed by atoms with Gasteiger partial charge in [0, 0.05) is 36.6 Å². The van der Waals surface area contributed by atoms with Gasteiger partial charge in [-0.3, -0.25) is 9.59 Å². The Bertz CT molecular complexity index is 788. The average molecular weight is 382 g/mol. The molecule has 6 heteroatoms. The topological polar surface area (TPSA) is 82.0 Å². The third kappa shape index (κ3) is 7.55. The van der Waals surface area contributed by atoms with Crippen molar-refractivity contribution in [3.05, 3.63) is 71.3 Å². The number of nitrogens with one attached hydrogen (secondary N) is 2. The van der Waals surface area contributed by atoms with Crippen molar-refractivity contribution >= 4 is 23.6 Å². The summed E-state index contributed by atoms with van der Waals surface area (Å²) in [7, 11) is 0. The van der Waals surface area contributed by atoms with E-state index < -0.39 is 0 Å². The molecule has 0 atom stereocenters. The number of hydrogen-bond acceptors (Lipinski definition) is 4. The molecule has 27 heavy (non-hydrogen) atoms. The SMILES string of the molecule is N#Cc1ccccc1CSCCNC(=O)CCCNC(=O)c1ccccc1. The Morgan fingerprint density at radius 1 is 0.963 bits per heavy atom. The standard InChI is InChI=1S/C21H23N3O2S/c22-15-18-9-4-5-10-19(18)16-27-14-13-23-20(25)11-6-12-24-21(26)17-7-2-1-3-8-17/h1-5,7-10H,6,11-14,16H2,(H,23,25)(H,24,26). The highest BCUT2D eigenvalue weighted by molar-refractivity contribution is 7.98. The first kappa shape index (κ1) is 20.5. The molecule has 0 spiro atoms. The van der Waals surface area contributed by atoms with Gasteiger partial charge in [-0.25, -0.2) is 0 Å². The maximum absolute atomic E-state index is 11.9. The predicted octanol–water partition coefficient (Wildman–Crippen LogP) is 3.12. The van der Waals surface area contributed by atoms with Gasteiger partial charge in [-0.1, -0.05) is 36.4 Å². The first-order chi connectivity index (χ1) is 13.2. The van der Waals surface area contributed by atoms with Crippen molar-refractivity contribution in [3.63, 3.8) is 0 Å². The van der Waals surface area contributed by atoms with Crippen molar-refractivity contribution in [2.24, 2.45) is 0 Å². The van der Waals surface area contributed by atoms with Crippen LogP contribution in [0.25, 0.3) is 0 Å². The summed E-state index contributed by atoms with van der Waals surface area (Å²) in [6.45, 7) is 1.06. The molecule has 0 saturated carbocycles. The number of nitrogens with zero attached hydrogens (tertiary/aromatic N) is 1. The van der Waals surface area contributed by atoms with Gasteiger partial charge in [-0.05, 0) is 30.2 Å². The van der Waals surface area contributed by atoms with E-state index in [1.165, 1.54) is 0 Å². The lowest BCUT2D eigenvalue weighted by Crippen LogP contribution is -2.28. The van der Waals surface area contributed by atoms with Gasteiger partial charge in [0.15, 0.2) is 0 Å². The van der Waals surface area contributed by atoms with E-state index in [-0.39, 0.29) is 11.8 Å². The number of carbonyl (C=O) groups excluding carboxylic acids is 2. The van der Waals surface area contributed by atoms with Crippen LogP contribution in [0.2, 0.25) is 0 Å². The van der Waals surface area contributed by atoms with Crippen LogP contribution in [-0.4, -0.2) is 30.7 Å². The molecule has 0 aliphatic heterocycles. The van der Waals surface area contributed by atoms with Crippen molar-refractivity contribution in [2.45, 2.75) is 18.6 Å². The zero-order valence-electron chi connectivity index (χ0n) is 15.1. The lowest BCUT2D eigenvalue weighted by molar-refractivity contribution is -0.121. The average Bonchev–Trinajstić information content (AvgIpc) is 2.71. The van der Waals surface area contributed by atoms with E-state index in [4.69, 9.17) is 5.26 Å². The Balaban J connectivity index is 1.52. The molecule has 0 radical (unpaired) electrons. The maximum atomic E-state index is 11.9. The monoisotopic (exact) mass is 381 g/mol. The van der Waals surface area contributed by atoms with Crippen LogP contribution < -0.4 is 10.6 Å². The smallest absolute Gasteiger partial charge is 0.251 e. The molecule has 0 aromatic heterocycles. The molecule has 2 aromatic carbocycles. The van der Waals surface area contributed by atoms with E-state index in [9.17, 15) is 9.59 Å². The van der Waals surface area contributed by atoms with E-state index >= 15 is 0 Å². The van der Waals surface area contributed by atoms with Crippen LogP contribution in [0, 0.1) is 11.3 Å². The Morgan fingerprint density at radius 2 is 1.70 bits per heavy atom. The van der Waals surface area contributed by atoms with Crippen LogP contribution in [0.1, 0.15) is 34.3 Å². The summed E-state index contributed by atoms with van der Waals surface area (Å²) in [5, 5.41) is 14.7. The van der Waals surface area contributed by atoms with Crippen LogP contribution in [-0.2, 0) is 10.5 Å². The molecule has 0 saturated heterocycles. The molecule has 2 aromatic rings. The quantitative estimate of drug-likeness (QED) is 0.620. The van der Waals surface area contributed by atoms with Gasteiger partial charge in [-0.2, -0.15) is 17.0 Å². The minimum absolute atomic E-state index is 0.0121. The minimum atomic E-state index is -0.120. The van der Waals surface area contributed by atoms with Crippen molar-refractivity contribution in [2.75, 3.05) is 18.8 Å². The van der Waals surface area contributed by atoms with Crippen molar-refractivity contribution in [1.29, 1.82) is 5.26 Å². The van der Waals surface area contributed by atoms with E-state index in [0.29, 0.717) is 37.1 Å². The van der Waals surface area contributed by atoms with Crippen LogP contribution in [0.4, 0.5) is 0 Å². The Kier molecular flexibility index (Phi) is 8.94. The fraction of sp³-hybridized carbons (Fsp3) is 0.286. The van der Waals surface area contributed by atoms with Gasteiger partial charge < -0.3 is 10.6 Å². The Morgan fingerprint density at radius 3 is 2.48 bits per heavy atom. The van der Waals surface area contributed by atoms with Gasteiger partial charge in [0.05, 0.1) is 11.6 Å². The molecule has 0 bridgehead atoms. The second kappa shape index (κ2) is 11.8. The lowest BCUT2D eigenvalue weighted by atomic mass is 10.1. The molecule has 5 nitrogen and oxygen atoms in total. The second-order valence-electron chi connectivity index (χ2n) is 5.90. The van der Waals surface area contributed by atoms with Crippen molar-refractivity contribution in [1.82, 2.24) is 10.6 Å². The molecule has 0 fully saturated rings. The number of nitriles is 1. The van der Waals surface area contributed by atoms with Crippen LogP contribution in [0.3, 0.4) is 0 Å². The fourth-order valence-corrected chi connectivity index (χ4v) is 3.29. The normalized spacial score (nSPS) is 10.0. The number of benzene rings is 2. The zero-order valence-corrected chi connectivity index (χ0v) is 15.9. The van der Waals surface area contributed by atoms with E-state index in [1.54, 1.807) is 23.9 Å². The van der Waals surface area contributed by atoms with E-state index in [2.05, 4.69) is 16.7 Å². The van der Waals surface area contributed by atoms with E-state index in [1.807, 2.05) is 42.5 Å². The zero-order chi connectivity index (χ0) is 19.3. The molecular weight excluding hydrogens is 358 g/mol. The third-order valence-corrected chi connectivity index (χ3v) is 4.87. The third-order valence-electron chi connectivity index (χ3n) is 3.87. The molecule has 0 unspecified atom stereocenters. The summed E-state index contributed by atoms with van der Waals surface area (Å²) in [5.41, 5.74) is 2.34. The van der Waals surface area contributed by atoms with E-state index in [0.717, 1.165) is 17.1 Å². The lowest BCUT2D eigenvalue weighted by Gasteiger charge is -2.07. The van der Waals surface area contributed by atoms with Crippen molar-refractivity contribution < 1.29 is 9.59 Å². The maximum Gasteiger partial charge on any atom is 0.251 e. The summed E-state index contributed by atoms with van der Waals surface area (Å²) in [4.78, 5) is 23.7. The first-order valence-electron chi connectivity index (χ1n) is 8.86. The fourth-order valence-electron chi connectivity index (χ4n) is 2.43. The number of hydrogen-bond donors (Lipinski definition) is 2. The molecule has 0 aliphatic carbocycles. The molecule has 140 valence electrons. The molecular formula is C21H23N3O2S. The number of amides is 2. The minimum Gasteiger partial charge on any atom is -0.355 e. The van der Waals surface area contributed by atoms with Gasteiger partial charge in [-0.15, -0.1) is 0 Å². The molecule has 0 aliphatic rings. The second-order valence-corrected chi connectivity index (χ2v) is 7.00. The predicted molar refractivity (Wildman–Crippen MR) is 108 cm³/mol. The van der Waals surface area contributed by atoms with Crippen LogP contribution >= 0.6 is 11.8 Å². The Hall–Kier alpha value is -2.78. The highest BCUT2D eigenvalue weighted by atomic mass is 32.2. The molecule has 2 N–H and O–H groups in total. The number of thioether (sulfide) groups is 1. The summed E-state index contributed by atoms with van der Waals surface area (Å²) in [5.74, 6) is 1.41. The van der Waals surface area contributed by atoms with Crippen LogP contribution in [0.15, 0.2) is 54.6 Å². The Labute approximate surface area is 164 Å². The number of carbonyl (C=O) groups is 2. The first-order valence-corrected chi connectivity index (χ1v) is 10.0.